The van der Waals surface area contributed by atoms with Crippen LogP contribution in [0.15, 0.2) is 42.5 Å². The summed E-state index contributed by atoms with van der Waals surface area (Å²) in [4.78, 5) is 19.0. The SMILES string of the molecule is CCN1CCCC1CNc1nc(Nc2ccc(OC)c(F)c2)nc(N2CCCC2c2ccccc2OC)n1. The predicted molar refractivity (Wildman–Crippen MR) is 147 cm³/mol. The van der Waals surface area contributed by atoms with Crippen molar-refractivity contribution in [1.29, 1.82) is 0 Å². The molecule has 0 aliphatic carbocycles. The van der Waals surface area contributed by atoms with Crippen molar-refractivity contribution in [3.8, 4) is 11.5 Å². The second kappa shape index (κ2) is 11.8. The lowest BCUT2D eigenvalue weighted by atomic mass is 10.0. The molecule has 9 nitrogen and oxygen atoms in total. The van der Waals surface area contributed by atoms with Crippen molar-refractivity contribution in [2.24, 2.45) is 0 Å². The summed E-state index contributed by atoms with van der Waals surface area (Å²) in [7, 11) is 3.14. The van der Waals surface area contributed by atoms with Gasteiger partial charge in [0.2, 0.25) is 17.8 Å². The van der Waals surface area contributed by atoms with E-state index in [1.807, 2.05) is 18.2 Å². The number of methoxy groups -OCH3 is 2. The van der Waals surface area contributed by atoms with Gasteiger partial charge in [0, 0.05) is 36.4 Å². The van der Waals surface area contributed by atoms with Gasteiger partial charge >= 0.3 is 0 Å². The van der Waals surface area contributed by atoms with E-state index in [-0.39, 0.29) is 11.8 Å². The van der Waals surface area contributed by atoms with E-state index in [0.29, 0.717) is 29.6 Å². The van der Waals surface area contributed by atoms with E-state index in [2.05, 4.69) is 38.4 Å². The van der Waals surface area contributed by atoms with Gasteiger partial charge in [0.1, 0.15) is 5.75 Å². The van der Waals surface area contributed by atoms with Gasteiger partial charge < -0.3 is 25.0 Å². The molecule has 2 aliphatic heterocycles. The van der Waals surface area contributed by atoms with Crippen molar-refractivity contribution in [3.63, 3.8) is 0 Å². The van der Waals surface area contributed by atoms with Crippen LogP contribution in [0.2, 0.25) is 0 Å². The molecule has 0 amide bonds. The summed E-state index contributed by atoms with van der Waals surface area (Å²) in [5.74, 6) is 2.01. The number of halogens is 1. The van der Waals surface area contributed by atoms with Gasteiger partial charge in [-0.3, -0.25) is 4.90 Å². The zero-order valence-corrected chi connectivity index (χ0v) is 22.3. The minimum atomic E-state index is -0.457. The Balaban J connectivity index is 1.45. The summed E-state index contributed by atoms with van der Waals surface area (Å²) in [6.45, 7) is 5.91. The highest BCUT2D eigenvalue weighted by molar-refractivity contribution is 5.58. The first-order valence-electron chi connectivity index (χ1n) is 13.3. The lowest BCUT2D eigenvalue weighted by Crippen LogP contribution is -2.35. The average Bonchev–Trinajstić information content (AvgIpc) is 3.61. The number of nitrogens with zero attached hydrogens (tertiary/aromatic N) is 5. The predicted octanol–water partition coefficient (Wildman–Crippen LogP) is 5.01. The maximum atomic E-state index is 14.4. The van der Waals surface area contributed by atoms with Gasteiger partial charge in [-0.1, -0.05) is 25.1 Å². The summed E-state index contributed by atoms with van der Waals surface area (Å²) in [5, 5.41) is 6.62. The number of hydrogen-bond acceptors (Lipinski definition) is 9. The molecule has 2 atom stereocenters. The number of likely N-dealkylation sites (N-methyl/N-ethyl adjacent to an activating group) is 1. The fraction of sp³-hybridized carbons (Fsp3) is 0.464. The van der Waals surface area contributed by atoms with E-state index in [4.69, 9.17) is 19.4 Å². The number of anilines is 4. The number of likely N-dealkylation sites (tertiary alicyclic amines) is 1. The third-order valence-electron chi connectivity index (χ3n) is 7.44. The number of rotatable bonds is 10. The highest BCUT2D eigenvalue weighted by atomic mass is 19.1. The lowest BCUT2D eigenvalue weighted by Gasteiger charge is -2.27. The van der Waals surface area contributed by atoms with Crippen LogP contribution in [0, 0.1) is 5.82 Å². The molecular weight excluding hydrogens is 485 g/mol. The Morgan fingerprint density at radius 3 is 2.53 bits per heavy atom. The van der Waals surface area contributed by atoms with Gasteiger partial charge in [0.15, 0.2) is 11.6 Å². The van der Waals surface area contributed by atoms with Crippen molar-refractivity contribution in [1.82, 2.24) is 19.9 Å². The van der Waals surface area contributed by atoms with E-state index >= 15 is 0 Å². The Morgan fingerprint density at radius 1 is 0.947 bits per heavy atom. The number of benzene rings is 2. The second-order valence-corrected chi connectivity index (χ2v) is 9.66. The zero-order valence-electron chi connectivity index (χ0n) is 22.3. The van der Waals surface area contributed by atoms with Crippen LogP contribution >= 0.6 is 0 Å². The molecule has 0 radical (unpaired) electrons. The monoisotopic (exact) mass is 521 g/mol. The quantitative estimate of drug-likeness (QED) is 0.382. The van der Waals surface area contributed by atoms with Crippen molar-refractivity contribution >= 4 is 23.5 Å². The zero-order chi connectivity index (χ0) is 26.5. The first-order chi connectivity index (χ1) is 18.6. The number of ether oxygens (including phenoxy) is 2. The van der Waals surface area contributed by atoms with E-state index in [1.54, 1.807) is 19.2 Å². The molecule has 10 heteroatoms. The largest absolute Gasteiger partial charge is 0.496 e. The molecule has 3 heterocycles. The third kappa shape index (κ3) is 5.60. The number of para-hydroxylation sites is 1. The number of aromatic nitrogens is 3. The topological polar surface area (TPSA) is 87.7 Å². The molecule has 1 aromatic heterocycles. The Morgan fingerprint density at radius 2 is 1.74 bits per heavy atom. The van der Waals surface area contributed by atoms with Gasteiger partial charge in [0.05, 0.1) is 20.3 Å². The Bertz CT molecular complexity index is 1240. The fourth-order valence-corrected chi connectivity index (χ4v) is 5.52. The molecule has 2 fully saturated rings. The summed E-state index contributed by atoms with van der Waals surface area (Å²) in [6.07, 6.45) is 4.33. The third-order valence-corrected chi connectivity index (χ3v) is 7.44. The van der Waals surface area contributed by atoms with Crippen molar-refractivity contribution < 1.29 is 13.9 Å². The van der Waals surface area contributed by atoms with Crippen LogP contribution in [-0.2, 0) is 0 Å². The molecular formula is C28H36FN7O2. The molecule has 0 bridgehead atoms. The van der Waals surface area contributed by atoms with Crippen LogP contribution in [0.3, 0.4) is 0 Å². The van der Waals surface area contributed by atoms with Gasteiger partial charge in [-0.05, 0) is 57.0 Å². The Labute approximate surface area is 223 Å². The van der Waals surface area contributed by atoms with Crippen LogP contribution in [-0.4, -0.2) is 66.3 Å². The van der Waals surface area contributed by atoms with Crippen molar-refractivity contribution in [3.05, 3.63) is 53.8 Å². The molecule has 38 heavy (non-hydrogen) atoms. The van der Waals surface area contributed by atoms with Crippen molar-refractivity contribution in [2.75, 3.05) is 55.9 Å². The molecule has 202 valence electrons. The molecule has 0 spiro atoms. The normalized spacial score (nSPS) is 19.5. The van der Waals surface area contributed by atoms with E-state index in [1.165, 1.54) is 19.6 Å². The van der Waals surface area contributed by atoms with Gasteiger partial charge in [-0.15, -0.1) is 0 Å². The van der Waals surface area contributed by atoms with Gasteiger partial charge in [-0.25, -0.2) is 4.39 Å². The summed E-state index contributed by atoms with van der Waals surface area (Å²) < 4.78 is 25.1. The summed E-state index contributed by atoms with van der Waals surface area (Å²) in [5.41, 5.74) is 1.64. The van der Waals surface area contributed by atoms with Crippen LogP contribution in [0.1, 0.15) is 44.2 Å². The number of hydrogen-bond donors (Lipinski definition) is 2. The molecule has 2 aliphatic rings. The van der Waals surface area contributed by atoms with Crippen LogP contribution in [0.25, 0.3) is 0 Å². The Hall–Kier alpha value is -3.66. The summed E-state index contributed by atoms with van der Waals surface area (Å²) >= 11 is 0. The molecule has 2 N–H and O–H groups in total. The highest BCUT2D eigenvalue weighted by Crippen LogP contribution is 2.39. The van der Waals surface area contributed by atoms with E-state index in [0.717, 1.165) is 56.8 Å². The van der Waals surface area contributed by atoms with E-state index in [9.17, 15) is 4.39 Å². The fourth-order valence-electron chi connectivity index (χ4n) is 5.52. The van der Waals surface area contributed by atoms with Crippen molar-refractivity contribution in [2.45, 2.75) is 44.7 Å². The molecule has 2 saturated heterocycles. The molecule has 2 unspecified atom stereocenters. The molecule has 2 aromatic carbocycles. The minimum Gasteiger partial charge on any atom is -0.496 e. The lowest BCUT2D eigenvalue weighted by molar-refractivity contribution is 0.277. The Kier molecular flexibility index (Phi) is 8.07. The highest BCUT2D eigenvalue weighted by Gasteiger charge is 2.31. The van der Waals surface area contributed by atoms with Gasteiger partial charge in [0.25, 0.3) is 0 Å². The van der Waals surface area contributed by atoms with Crippen LogP contribution in [0.5, 0.6) is 11.5 Å². The first-order valence-corrected chi connectivity index (χ1v) is 13.3. The maximum Gasteiger partial charge on any atom is 0.233 e. The summed E-state index contributed by atoms with van der Waals surface area (Å²) in [6, 6.07) is 13.3. The maximum absolute atomic E-state index is 14.4. The first kappa shape index (κ1) is 26.0. The van der Waals surface area contributed by atoms with E-state index < -0.39 is 5.82 Å². The van der Waals surface area contributed by atoms with Gasteiger partial charge in [-0.2, -0.15) is 15.0 Å². The second-order valence-electron chi connectivity index (χ2n) is 9.66. The number of nitrogens with one attached hydrogen (secondary N) is 2. The standard InChI is InChI=1S/C28H36FN7O2/c1-4-35-15-7-9-20(35)18-30-26-32-27(31-19-13-14-25(38-3)22(29)17-19)34-28(33-26)36-16-8-11-23(36)21-10-5-6-12-24(21)37-2/h5-6,10,12-14,17,20,23H,4,7-9,11,15-16,18H2,1-3H3,(H2,30,31,32,33,34). The molecule has 5 rings (SSSR count). The smallest absolute Gasteiger partial charge is 0.233 e. The van der Waals surface area contributed by atoms with Crippen LogP contribution < -0.4 is 25.0 Å². The van der Waals surface area contributed by atoms with Crippen LogP contribution in [0.4, 0.5) is 27.9 Å². The average molecular weight is 522 g/mol. The minimum absolute atomic E-state index is 0.0816. The molecule has 0 saturated carbocycles. The molecule has 3 aromatic rings.